The van der Waals surface area contributed by atoms with Crippen LogP contribution in [-0.4, -0.2) is 5.91 Å². The summed E-state index contributed by atoms with van der Waals surface area (Å²) in [5.41, 5.74) is 6.26. The van der Waals surface area contributed by atoms with E-state index in [1.807, 2.05) is 25.1 Å². The van der Waals surface area contributed by atoms with Crippen LogP contribution in [0.15, 0.2) is 30.3 Å². The van der Waals surface area contributed by atoms with Crippen molar-refractivity contribution in [2.45, 2.75) is 19.3 Å². The SMILES string of the molecule is C[C@@]1(C(N)=O)C[C@@H]1c1ccccc1. The second-order valence-corrected chi connectivity index (χ2v) is 3.95. The Hall–Kier alpha value is -1.31. The van der Waals surface area contributed by atoms with Crippen molar-refractivity contribution >= 4 is 5.91 Å². The van der Waals surface area contributed by atoms with E-state index in [9.17, 15) is 4.79 Å². The highest BCUT2D eigenvalue weighted by Crippen LogP contribution is 2.58. The quantitative estimate of drug-likeness (QED) is 0.730. The molecular formula is C11H13NO. The first-order valence-corrected chi connectivity index (χ1v) is 4.49. The number of benzene rings is 1. The van der Waals surface area contributed by atoms with E-state index in [2.05, 4.69) is 12.1 Å². The molecule has 1 saturated carbocycles. The molecule has 1 fully saturated rings. The molecule has 0 saturated heterocycles. The largest absolute Gasteiger partial charge is 0.369 e. The maximum atomic E-state index is 11.1. The monoisotopic (exact) mass is 175 g/mol. The minimum absolute atomic E-state index is 0.179. The third-order valence-corrected chi connectivity index (χ3v) is 3.00. The molecule has 0 unspecified atom stereocenters. The molecule has 0 heterocycles. The van der Waals surface area contributed by atoms with Crippen LogP contribution in [0.5, 0.6) is 0 Å². The second kappa shape index (κ2) is 2.59. The highest BCUT2D eigenvalue weighted by atomic mass is 16.1. The highest BCUT2D eigenvalue weighted by Gasteiger charge is 2.55. The number of hydrogen-bond donors (Lipinski definition) is 1. The Kier molecular flexibility index (Phi) is 1.65. The predicted octanol–water partition coefficient (Wildman–Crippen LogP) is 1.67. The molecule has 0 bridgehead atoms. The molecule has 0 radical (unpaired) electrons. The molecule has 13 heavy (non-hydrogen) atoms. The lowest BCUT2D eigenvalue weighted by atomic mass is 10.0. The molecule has 1 aliphatic carbocycles. The van der Waals surface area contributed by atoms with Gasteiger partial charge in [-0.2, -0.15) is 0 Å². The predicted molar refractivity (Wildman–Crippen MR) is 51.1 cm³/mol. The molecule has 2 heteroatoms. The van der Waals surface area contributed by atoms with Crippen molar-refractivity contribution in [1.82, 2.24) is 0 Å². The van der Waals surface area contributed by atoms with E-state index in [1.165, 1.54) is 5.56 Å². The van der Waals surface area contributed by atoms with E-state index in [0.29, 0.717) is 5.92 Å². The van der Waals surface area contributed by atoms with Crippen LogP contribution in [0.3, 0.4) is 0 Å². The zero-order valence-corrected chi connectivity index (χ0v) is 7.66. The topological polar surface area (TPSA) is 43.1 Å². The smallest absolute Gasteiger partial charge is 0.223 e. The van der Waals surface area contributed by atoms with Crippen molar-refractivity contribution in [1.29, 1.82) is 0 Å². The average Bonchev–Trinajstić information content (AvgIpc) is 2.81. The van der Waals surface area contributed by atoms with Gasteiger partial charge in [0.2, 0.25) is 5.91 Å². The van der Waals surface area contributed by atoms with Gasteiger partial charge in [-0.1, -0.05) is 37.3 Å². The lowest BCUT2D eigenvalue weighted by Crippen LogP contribution is -2.23. The van der Waals surface area contributed by atoms with E-state index in [-0.39, 0.29) is 11.3 Å². The fraction of sp³-hybridized carbons (Fsp3) is 0.364. The number of nitrogens with two attached hydrogens (primary N) is 1. The summed E-state index contributed by atoms with van der Waals surface area (Å²) in [5.74, 6) is 0.160. The van der Waals surface area contributed by atoms with Gasteiger partial charge in [0.15, 0.2) is 0 Å². The summed E-state index contributed by atoms with van der Waals surface area (Å²) < 4.78 is 0. The van der Waals surface area contributed by atoms with Crippen molar-refractivity contribution in [2.24, 2.45) is 11.1 Å². The van der Waals surface area contributed by atoms with Gasteiger partial charge in [-0.05, 0) is 17.9 Å². The Morgan fingerprint density at radius 1 is 1.46 bits per heavy atom. The van der Waals surface area contributed by atoms with Crippen LogP contribution in [0.1, 0.15) is 24.8 Å². The standard InChI is InChI=1S/C11H13NO/c1-11(10(12)13)7-9(11)8-5-3-2-4-6-8/h2-6,9H,7H2,1H3,(H2,12,13)/t9-,11-/m1/s1. The van der Waals surface area contributed by atoms with Crippen molar-refractivity contribution in [2.75, 3.05) is 0 Å². The van der Waals surface area contributed by atoms with E-state index < -0.39 is 0 Å². The molecule has 0 aromatic heterocycles. The van der Waals surface area contributed by atoms with Gasteiger partial charge < -0.3 is 5.73 Å². The first kappa shape index (κ1) is 8.30. The van der Waals surface area contributed by atoms with Gasteiger partial charge >= 0.3 is 0 Å². The van der Waals surface area contributed by atoms with Crippen LogP contribution in [-0.2, 0) is 4.79 Å². The third-order valence-electron chi connectivity index (χ3n) is 3.00. The Morgan fingerprint density at radius 2 is 2.08 bits per heavy atom. The van der Waals surface area contributed by atoms with E-state index in [1.54, 1.807) is 0 Å². The zero-order valence-electron chi connectivity index (χ0n) is 7.66. The first-order valence-electron chi connectivity index (χ1n) is 4.49. The maximum Gasteiger partial charge on any atom is 0.223 e. The number of hydrogen-bond acceptors (Lipinski definition) is 1. The molecule has 2 rings (SSSR count). The average molecular weight is 175 g/mol. The van der Waals surface area contributed by atoms with Crippen molar-refractivity contribution in [3.63, 3.8) is 0 Å². The van der Waals surface area contributed by atoms with Crippen LogP contribution >= 0.6 is 0 Å². The van der Waals surface area contributed by atoms with Crippen LogP contribution in [0, 0.1) is 5.41 Å². The molecule has 1 aliphatic rings. The normalized spacial score (nSPS) is 31.3. The van der Waals surface area contributed by atoms with Crippen molar-refractivity contribution in [3.05, 3.63) is 35.9 Å². The van der Waals surface area contributed by atoms with Gasteiger partial charge in [0.05, 0.1) is 5.41 Å². The summed E-state index contributed by atoms with van der Waals surface area (Å²) in [5, 5.41) is 0. The summed E-state index contributed by atoms with van der Waals surface area (Å²) in [7, 11) is 0. The van der Waals surface area contributed by atoms with Crippen molar-refractivity contribution < 1.29 is 4.79 Å². The molecular weight excluding hydrogens is 162 g/mol. The molecule has 0 aliphatic heterocycles. The fourth-order valence-corrected chi connectivity index (χ4v) is 1.81. The lowest BCUT2D eigenvalue weighted by molar-refractivity contribution is -0.122. The van der Waals surface area contributed by atoms with Gasteiger partial charge in [-0.25, -0.2) is 0 Å². The van der Waals surface area contributed by atoms with Gasteiger partial charge in [0, 0.05) is 0 Å². The number of primary amides is 1. The first-order chi connectivity index (χ1) is 6.14. The summed E-state index contributed by atoms with van der Waals surface area (Å²) >= 11 is 0. The van der Waals surface area contributed by atoms with Gasteiger partial charge in [-0.15, -0.1) is 0 Å². The number of carbonyl (C=O) groups is 1. The summed E-state index contributed by atoms with van der Waals surface area (Å²) in [4.78, 5) is 11.1. The van der Waals surface area contributed by atoms with E-state index in [4.69, 9.17) is 5.73 Å². The summed E-state index contributed by atoms with van der Waals surface area (Å²) in [6, 6.07) is 10.1. The number of carbonyl (C=O) groups excluding carboxylic acids is 1. The Bertz CT molecular complexity index is 333. The summed E-state index contributed by atoms with van der Waals surface area (Å²) in [6.07, 6.45) is 0.895. The molecule has 1 aromatic rings. The molecule has 2 atom stereocenters. The Labute approximate surface area is 77.8 Å². The Morgan fingerprint density at radius 3 is 2.54 bits per heavy atom. The Balaban J connectivity index is 2.21. The van der Waals surface area contributed by atoms with Crippen LogP contribution < -0.4 is 5.73 Å². The molecule has 2 nitrogen and oxygen atoms in total. The van der Waals surface area contributed by atoms with Crippen LogP contribution in [0.2, 0.25) is 0 Å². The highest BCUT2D eigenvalue weighted by molar-refractivity contribution is 5.85. The van der Waals surface area contributed by atoms with E-state index >= 15 is 0 Å². The fourth-order valence-electron chi connectivity index (χ4n) is 1.81. The second-order valence-electron chi connectivity index (χ2n) is 3.95. The van der Waals surface area contributed by atoms with Crippen LogP contribution in [0.25, 0.3) is 0 Å². The van der Waals surface area contributed by atoms with Crippen molar-refractivity contribution in [3.8, 4) is 0 Å². The van der Waals surface area contributed by atoms with Gasteiger partial charge in [0.25, 0.3) is 0 Å². The minimum Gasteiger partial charge on any atom is -0.369 e. The zero-order chi connectivity index (χ0) is 9.47. The molecule has 1 amide bonds. The van der Waals surface area contributed by atoms with Crippen LogP contribution in [0.4, 0.5) is 0 Å². The van der Waals surface area contributed by atoms with Gasteiger partial charge in [-0.3, -0.25) is 4.79 Å². The molecule has 68 valence electrons. The number of rotatable bonds is 2. The van der Waals surface area contributed by atoms with Gasteiger partial charge in [0.1, 0.15) is 0 Å². The summed E-state index contributed by atoms with van der Waals surface area (Å²) in [6.45, 7) is 1.94. The number of amides is 1. The van der Waals surface area contributed by atoms with E-state index in [0.717, 1.165) is 6.42 Å². The maximum absolute atomic E-state index is 11.1. The minimum atomic E-state index is -0.290. The molecule has 1 aromatic carbocycles. The lowest BCUT2D eigenvalue weighted by Gasteiger charge is -2.05. The third kappa shape index (κ3) is 1.22. The molecule has 0 spiro atoms. The molecule has 2 N–H and O–H groups in total.